The van der Waals surface area contributed by atoms with Gasteiger partial charge in [-0.05, 0) is 63.5 Å². The number of ether oxygens (including phenoxy) is 1. The van der Waals surface area contributed by atoms with Crippen molar-refractivity contribution < 1.29 is 14.5 Å². The van der Waals surface area contributed by atoms with Crippen molar-refractivity contribution in [3.05, 3.63) is 63.2 Å². The molecule has 2 heterocycles. The summed E-state index contributed by atoms with van der Waals surface area (Å²) < 4.78 is 5.13. The van der Waals surface area contributed by atoms with Gasteiger partial charge in [-0.15, -0.1) is 11.8 Å². The number of thioether (sulfide) groups is 1. The highest BCUT2D eigenvalue weighted by Crippen LogP contribution is 2.45. The van der Waals surface area contributed by atoms with Crippen LogP contribution < -0.4 is 4.74 Å². The quantitative estimate of drug-likeness (QED) is 0.535. The number of aryl methyl sites for hydroxylation is 2. The number of carbonyl (C=O) groups is 1. The summed E-state index contributed by atoms with van der Waals surface area (Å²) in [6.07, 6.45) is 2.25. The third-order valence-electron chi connectivity index (χ3n) is 5.53. The number of nitrogens with zero attached hydrogens (tertiary/aromatic N) is 2. The number of hydrogen-bond donors (Lipinski definition) is 0. The van der Waals surface area contributed by atoms with Gasteiger partial charge in [-0.3, -0.25) is 14.9 Å². The molecule has 0 spiro atoms. The van der Waals surface area contributed by atoms with Gasteiger partial charge in [0.2, 0.25) is 5.75 Å². The average molecular weight is 413 g/mol. The summed E-state index contributed by atoms with van der Waals surface area (Å²) in [7, 11) is 0. The van der Waals surface area contributed by atoms with E-state index in [-0.39, 0.29) is 23.8 Å². The van der Waals surface area contributed by atoms with E-state index in [9.17, 15) is 14.9 Å². The van der Waals surface area contributed by atoms with E-state index >= 15 is 0 Å². The molecule has 0 saturated carbocycles. The molecule has 2 aromatic carbocycles. The van der Waals surface area contributed by atoms with Crippen molar-refractivity contribution in [2.45, 2.75) is 36.3 Å². The second-order valence-electron chi connectivity index (χ2n) is 7.93. The first-order valence-electron chi connectivity index (χ1n) is 9.83. The van der Waals surface area contributed by atoms with Crippen LogP contribution in [0, 0.1) is 24.0 Å². The van der Waals surface area contributed by atoms with Gasteiger partial charge < -0.3 is 9.64 Å². The minimum Gasteiger partial charge on any atom is -0.484 e. The summed E-state index contributed by atoms with van der Waals surface area (Å²) in [4.78, 5) is 28.1. The number of rotatable bonds is 5. The Bertz CT molecular complexity index is 954. The number of nitro benzene ring substituents is 1. The fourth-order valence-electron chi connectivity index (χ4n) is 4.07. The standard InChI is InChI=1S/C22H24N2O4S/c1-15-5-7-17(8-6-15)29-22(13-23-9-3-4-10-23)14-28-20-18(21(22)25)11-16(2)12-19(20)24(26)27/h5-8,11-12H,3-4,9-10,13-14H2,1-2H3/t22-/m1/s1. The van der Waals surface area contributed by atoms with Crippen LogP contribution >= 0.6 is 11.8 Å². The van der Waals surface area contributed by atoms with Crippen molar-refractivity contribution in [3.8, 4) is 5.75 Å². The number of likely N-dealkylation sites (tertiary alicyclic amines) is 1. The van der Waals surface area contributed by atoms with Crippen LogP contribution in [-0.4, -0.2) is 46.6 Å². The molecule has 152 valence electrons. The fraction of sp³-hybridized carbons (Fsp3) is 0.409. The lowest BCUT2D eigenvalue weighted by atomic mass is 9.91. The van der Waals surface area contributed by atoms with Crippen LogP contribution in [0.5, 0.6) is 5.75 Å². The normalized spacial score (nSPS) is 21.7. The number of nitro groups is 1. The Labute approximate surface area is 174 Å². The molecule has 1 saturated heterocycles. The lowest BCUT2D eigenvalue weighted by Crippen LogP contribution is -2.52. The van der Waals surface area contributed by atoms with Gasteiger partial charge >= 0.3 is 5.69 Å². The van der Waals surface area contributed by atoms with Crippen LogP contribution in [0.15, 0.2) is 41.3 Å². The number of benzene rings is 2. The molecule has 29 heavy (non-hydrogen) atoms. The second kappa shape index (κ2) is 7.80. The first kappa shape index (κ1) is 19.9. The molecule has 6 nitrogen and oxygen atoms in total. The van der Waals surface area contributed by atoms with Gasteiger partial charge in [-0.25, -0.2) is 0 Å². The Morgan fingerprint density at radius 1 is 1.14 bits per heavy atom. The number of hydrogen-bond acceptors (Lipinski definition) is 6. The molecule has 7 heteroatoms. The van der Waals surface area contributed by atoms with Crippen LogP contribution in [-0.2, 0) is 0 Å². The van der Waals surface area contributed by atoms with Crippen LogP contribution in [0.1, 0.15) is 34.3 Å². The van der Waals surface area contributed by atoms with Crippen LogP contribution in [0.3, 0.4) is 0 Å². The van der Waals surface area contributed by atoms with Gasteiger partial charge in [0, 0.05) is 17.5 Å². The third kappa shape index (κ3) is 3.89. The summed E-state index contributed by atoms with van der Waals surface area (Å²) >= 11 is 1.51. The van der Waals surface area contributed by atoms with Gasteiger partial charge in [-0.1, -0.05) is 17.7 Å². The van der Waals surface area contributed by atoms with Gasteiger partial charge in [0.15, 0.2) is 5.78 Å². The maximum atomic E-state index is 13.8. The maximum absolute atomic E-state index is 13.8. The minimum atomic E-state index is -0.825. The number of fused-ring (bicyclic) bond motifs is 1. The molecule has 2 aromatic rings. The molecule has 2 aliphatic heterocycles. The molecule has 0 aromatic heterocycles. The van der Waals surface area contributed by atoms with E-state index in [2.05, 4.69) is 4.90 Å². The summed E-state index contributed by atoms with van der Waals surface area (Å²) in [6, 6.07) is 11.3. The molecule has 0 bridgehead atoms. The first-order chi connectivity index (χ1) is 13.9. The Morgan fingerprint density at radius 3 is 2.48 bits per heavy atom. The van der Waals surface area contributed by atoms with Gasteiger partial charge in [0.05, 0.1) is 10.5 Å². The summed E-state index contributed by atoms with van der Waals surface area (Å²) in [5, 5.41) is 11.5. The molecule has 4 rings (SSSR count). The maximum Gasteiger partial charge on any atom is 0.311 e. The summed E-state index contributed by atoms with van der Waals surface area (Å²) in [5.74, 6) is 0.0233. The SMILES string of the molecule is Cc1ccc(S[C@]2(CN3CCCC3)COc3c(cc(C)cc3[N+](=O)[O-])C2=O)cc1. The Hall–Kier alpha value is -2.38. The van der Waals surface area contributed by atoms with Crippen molar-refractivity contribution in [1.82, 2.24) is 4.90 Å². The third-order valence-corrected chi connectivity index (χ3v) is 6.86. The molecule has 1 fully saturated rings. The molecule has 2 aliphatic rings. The van der Waals surface area contributed by atoms with Crippen LogP contribution in [0.2, 0.25) is 0 Å². The van der Waals surface area contributed by atoms with Crippen molar-refractivity contribution in [2.75, 3.05) is 26.2 Å². The first-order valence-corrected chi connectivity index (χ1v) is 10.6. The number of Topliss-reactive ketones (excluding diaryl/α,β-unsaturated/α-hetero) is 1. The molecule has 0 N–H and O–H groups in total. The van der Waals surface area contributed by atoms with E-state index in [1.807, 2.05) is 31.2 Å². The van der Waals surface area contributed by atoms with Crippen molar-refractivity contribution >= 4 is 23.2 Å². The van der Waals surface area contributed by atoms with E-state index in [0.29, 0.717) is 17.7 Å². The predicted octanol–water partition coefficient (Wildman–Crippen LogP) is 4.41. The van der Waals surface area contributed by atoms with E-state index in [1.165, 1.54) is 17.8 Å². The molecule has 0 unspecified atom stereocenters. The average Bonchev–Trinajstić information content (AvgIpc) is 3.19. The molecular formula is C22H24N2O4S. The minimum absolute atomic E-state index is 0.0805. The molecule has 0 radical (unpaired) electrons. The fourth-order valence-corrected chi connectivity index (χ4v) is 5.36. The monoisotopic (exact) mass is 412 g/mol. The number of ketones is 1. The van der Waals surface area contributed by atoms with Crippen LogP contribution in [0.4, 0.5) is 5.69 Å². The topological polar surface area (TPSA) is 72.7 Å². The zero-order valence-electron chi connectivity index (χ0n) is 16.6. The molecular weight excluding hydrogens is 388 g/mol. The predicted molar refractivity (Wildman–Crippen MR) is 113 cm³/mol. The van der Waals surface area contributed by atoms with Crippen molar-refractivity contribution in [3.63, 3.8) is 0 Å². The highest BCUT2D eigenvalue weighted by atomic mass is 32.2. The highest BCUT2D eigenvalue weighted by Gasteiger charge is 2.48. The van der Waals surface area contributed by atoms with Gasteiger partial charge in [-0.2, -0.15) is 0 Å². The Kier molecular flexibility index (Phi) is 5.36. The van der Waals surface area contributed by atoms with E-state index in [0.717, 1.165) is 36.4 Å². The van der Waals surface area contributed by atoms with Crippen LogP contribution in [0.25, 0.3) is 0 Å². The van der Waals surface area contributed by atoms with E-state index in [4.69, 9.17) is 4.74 Å². The van der Waals surface area contributed by atoms with Gasteiger partial charge in [0.25, 0.3) is 0 Å². The highest BCUT2D eigenvalue weighted by molar-refractivity contribution is 8.01. The van der Waals surface area contributed by atoms with E-state index < -0.39 is 9.67 Å². The Balaban J connectivity index is 1.76. The Morgan fingerprint density at radius 2 is 1.83 bits per heavy atom. The second-order valence-corrected chi connectivity index (χ2v) is 9.39. The molecule has 1 atom stereocenters. The van der Waals surface area contributed by atoms with Crippen molar-refractivity contribution in [1.29, 1.82) is 0 Å². The number of carbonyl (C=O) groups excluding carboxylic acids is 1. The van der Waals surface area contributed by atoms with Crippen molar-refractivity contribution in [2.24, 2.45) is 0 Å². The zero-order chi connectivity index (χ0) is 20.6. The van der Waals surface area contributed by atoms with Gasteiger partial charge in [0.1, 0.15) is 11.4 Å². The smallest absolute Gasteiger partial charge is 0.311 e. The lowest BCUT2D eigenvalue weighted by molar-refractivity contribution is -0.386. The molecule has 0 amide bonds. The largest absolute Gasteiger partial charge is 0.484 e. The lowest BCUT2D eigenvalue weighted by Gasteiger charge is -2.38. The zero-order valence-corrected chi connectivity index (χ0v) is 17.5. The molecule has 0 aliphatic carbocycles. The summed E-state index contributed by atoms with van der Waals surface area (Å²) in [5.41, 5.74) is 2.03. The van der Waals surface area contributed by atoms with E-state index in [1.54, 1.807) is 13.0 Å². The summed E-state index contributed by atoms with van der Waals surface area (Å²) in [6.45, 7) is 6.42.